The lowest BCUT2D eigenvalue weighted by Gasteiger charge is -2.09. The molecule has 1 rings (SSSR count). The van der Waals surface area contributed by atoms with Gasteiger partial charge < -0.3 is 9.84 Å². The summed E-state index contributed by atoms with van der Waals surface area (Å²) in [6.45, 7) is 0. The largest absolute Gasteiger partial charge is 0.479 e. The minimum absolute atomic E-state index is 0.344. The Morgan fingerprint density at radius 3 is 2.53 bits per heavy atom. The van der Waals surface area contributed by atoms with Gasteiger partial charge in [0.05, 0.1) is 0 Å². The van der Waals surface area contributed by atoms with E-state index in [0.717, 1.165) is 11.1 Å². The highest BCUT2D eigenvalue weighted by Crippen LogP contribution is 2.08. The van der Waals surface area contributed by atoms with Crippen LogP contribution in [0.5, 0.6) is 0 Å². The second-order valence-electron chi connectivity index (χ2n) is 3.11. The van der Waals surface area contributed by atoms with Gasteiger partial charge in [0.2, 0.25) is 0 Å². The molecule has 1 aromatic rings. The number of carbonyl (C=O) groups is 1. The van der Waals surface area contributed by atoms with Crippen molar-refractivity contribution in [1.29, 1.82) is 0 Å². The lowest BCUT2D eigenvalue weighted by molar-refractivity contribution is -0.148. The van der Waals surface area contributed by atoms with Gasteiger partial charge in [0.25, 0.3) is 0 Å². The van der Waals surface area contributed by atoms with Crippen LogP contribution in [0.1, 0.15) is 11.1 Å². The summed E-state index contributed by atoms with van der Waals surface area (Å²) in [5.74, 6) is 1.54. The second kappa shape index (κ2) is 5.18. The second-order valence-corrected chi connectivity index (χ2v) is 3.11. The zero-order valence-electron chi connectivity index (χ0n) is 8.43. The smallest absolute Gasteiger partial charge is 0.333 e. The Balaban J connectivity index is 2.72. The Kier molecular flexibility index (Phi) is 3.90. The molecule has 3 nitrogen and oxygen atoms in total. The first kappa shape index (κ1) is 11.3. The summed E-state index contributed by atoms with van der Waals surface area (Å²) >= 11 is 0. The van der Waals surface area contributed by atoms with Crippen LogP contribution >= 0.6 is 0 Å². The van der Waals surface area contributed by atoms with Crippen LogP contribution in [0, 0.1) is 12.3 Å². The fourth-order valence-corrected chi connectivity index (χ4v) is 1.22. The molecule has 1 unspecified atom stereocenters. The van der Waals surface area contributed by atoms with Crippen molar-refractivity contribution in [2.24, 2.45) is 0 Å². The molecule has 0 heterocycles. The third-order valence-electron chi connectivity index (χ3n) is 2.10. The van der Waals surface area contributed by atoms with E-state index < -0.39 is 12.1 Å². The average molecular weight is 204 g/mol. The van der Waals surface area contributed by atoms with Gasteiger partial charge in [0, 0.05) is 19.1 Å². The first-order chi connectivity index (χ1) is 7.17. The van der Waals surface area contributed by atoms with E-state index in [2.05, 4.69) is 5.92 Å². The average Bonchev–Trinajstić information content (AvgIpc) is 2.26. The van der Waals surface area contributed by atoms with Crippen LogP contribution in [0.4, 0.5) is 0 Å². The van der Waals surface area contributed by atoms with Crippen LogP contribution in [0.15, 0.2) is 24.3 Å². The molecule has 0 spiro atoms. The minimum Gasteiger partial charge on any atom is -0.479 e. The van der Waals surface area contributed by atoms with Crippen molar-refractivity contribution < 1.29 is 14.6 Å². The van der Waals surface area contributed by atoms with Gasteiger partial charge in [0.1, 0.15) is 0 Å². The van der Waals surface area contributed by atoms with E-state index in [0.29, 0.717) is 6.42 Å². The Morgan fingerprint density at radius 1 is 1.53 bits per heavy atom. The molecular formula is C12H12O3. The van der Waals surface area contributed by atoms with E-state index >= 15 is 0 Å². The number of terminal acetylenes is 1. The molecule has 78 valence electrons. The number of hydrogen-bond donors (Lipinski definition) is 1. The molecule has 0 bridgehead atoms. The van der Waals surface area contributed by atoms with E-state index in [1.807, 2.05) is 12.1 Å². The summed E-state index contributed by atoms with van der Waals surface area (Å²) in [7, 11) is 1.38. The number of rotatable bonds is 4. The number of carboxylic acids is 1. The summed E-state index contributed by atoms with van der Waals surface area (Å²) in [5, 5.41) is 8.78. The van der Waals surface area contributed by atoms with Crippen LogP contribution in [-0.4, -0.2) is 24.3 Å². The fraction of sp³-hybridized carbons (Fsp3) is 0.250. The summed E-state index contributed by atoms with van der Waals surface area (Å²) in [6.07, 6.45) is 4.75. The van der Waals surface area contributed by atoms with Gasteiger partial charge in [-0.2, -0.15) is 0 Å². The first-order valence-electron chi connectivity index (χ1n) is 4.48. The zero-order chi connectivity index (χ0) is 11.3. The SMILES string of the molecule is C#Cc1ccc(CC(OC)C(=O)O)cc1. The highest BCUT2D eigenvalue weighted by atomic mass is 16.5. The van der Waals surface area contributed by atoms with E-state index in [4.69, 9.17) is 16.3 Å². The van der Waals surface area contributed by atoms with Crippen molar-refractivity contribution in [1.82, 2.24) is 0 Å². The van der Waals surface area contributed by atoms with E-state index in [-0.39, 0.29) is 0 Å². The third kappa shape index (κ3) is 3.12. The van der Waals surface area contributed by atoms with Gasteiger partial charge in [-0.15, -0.1) is 6.42 Å². The van der Waals surface area contributed by atoms with Crippen LogP contribution in [0.2, 0.25) is 0 Å². The molecule has 0 radical (unpaired) electrons. The number of aliphatic carboxylic acids is 1. The lowest BCUT2D eigenvalue weighted by atomic mass is 10.1. The molecule has 0 amide bonds. The Morgan fingerprint density at radius 2 is 2.13 bits per heavy atom. The number of methoxy groups -OCH3 is 1. The molecule has 0 aliphatic carbocycles. The summed E-state index contributed by atoms with van der Waals surface area (Å²) in [5.41, 5.74) is 1.67. The summed E-state index contributed by atoms with van der Waals surface area (Å²) < 4.78 is 4.83. The topological polar surface area (TPSA) is 46.5 Å². The van der Waals surface area contributed by atoms with Gasteiger partial charge in [0.15, 0.2) is 6.10 Å². The first-order valence-corrected chi connectivity index (χ1v) is 4.48. The van der Waals surface area contributed by atoms with Crippen molar-refractivity contribution in [2.45, 2.75) is 12.5 Å². The van der Waals surface area contributed by atoms with Crippen molar-refractivity contribution >= 4 is 5.97 Å². The van der Waals surface area contributed by atoms with Gasteiger partial charge >= 0.3 is 5.97 Å². The molecule has 15 heavy (non-hydrogen) atoms. The fourth-order valence-electron chi connectivity index (χ4n) is 1.22. The molecule has 0 aliphatic heterocycles. The zero-order valence-corrected chi connectivity index (χ0v) is 8.43. The highest BCUT2D eigenvalue weighted by Gasteiger charge is 2.16. The Hall–Kier alpha value is -1.79. The highest BCUT2D eigenvalue weighted by molar-refractivity contribution is 5.72. The molecule has 3 heteroatoms. The molecule has 0 saturated heterocycles. The van der Waals surface area contributed by atoms with E-state index in [1.54, 1.807) is 12.1 Å². The normalized spacial score (nSPS) is 11.7. The Labute approximate surface area is 88.7 Å². The summed E-state index contributed by atoms with van der Waals surface area (Å²) in [4.78, 5) is 10.7. The molecule has 0 saturated carbocycles. The third-order valence-corrected chi connectivity index (χ3v) is 2.10. The number of hydrogen-bond acceptors (Lipinski definition) is 2. The minimum atomic E-state index is -0.960. The predicted octanol–water partition coefficient (Wildman–Crippen LogP) is 1.31. The molecule has 0 aliphatic rings. The van der Waals surface area contributed by atoms with Crippen LogP contribution < -0.4 is 0 Å². The van der Waals surface area contributed by atoms with E-state index in [9.17, 15) is 4.79 Å². The van der Waals surface area contributed by atoms with Gasteiger partial charge in [-0.3, -0.25) is 0 Å². The number of ether oxygens (including phenoxy) is 1. The van der Waals surface area contributed by atoms with Crippen molar-refractivity contribution in [3.8, 4) is 12.3 Å². The van der Waals surface area contributed by atoms with Crippen molar-refractivity contribution in [3.63, 3.8) is 0 Å². The quantitative estimate of drug-likeness (QED) is 0.752. The predicted molar refractivity (Wildman–Crippen MR) is 56.5 cm³/mol. The molecule has 1 N–H and O–H groups in total. The molecule has 1 atom stereocenters. The van der Waals surface area contributed by atoms with Crippen molar-refractivity contribution in [2.75, 3.05) is 7.11 Å². The lowest BCUT2D eigenvalue weighted by Crippen LogP contribution is -2.24. The van der Waals surface area contributed by atoms with Crippen molar-refractivity contribution in [3.05, 3.63) is 35.4 Å². The molecule has 0 fully saturated rings. The maximum Gasteiger partial charge on any atom is 0.333 e. The molecular weight excluding hydrogens is 192 g/mol. The van der Waals surface area contributed by atoms with Crippen LogP contribution in [0.3, 0.4) is 0 Å². The molecule has 1 aromatic carbocycles. The Bertz CT molecular complexity index is 373. The number of carboxylic acid groups (broad SMARTS) is 1. The van der Waals surface area contributed by atoms with Gasteiger partial charge in [-0.05, 0) is 17.7 Å². The van der Waals surface area contributed by atoms with Gasteiger partial charge in [-0.25, -0.2) is 4.79 Å². The number of benzene rings is 1. The maximum absolute atomic E-state index is 10.7. The summed E-state index contributed by atoms with van der Waals surface area (Å²) in [6, 6.07) is 7.18. The van der Waals surface area contributed by atoms with Crippen LogP contribution in [-0.2, 0) is 16.0 Å². The standard InChI is InChI=1S/C12H12O3/c1-3-9-4-6-10(7-5-9)8-11(15-2)12(13)14/h1,4-7,11H,8H2,2H3,(H,13,14). The van der Waals surface area contributed by atoms with E-state index in [1.165, 1.54) is 7.11 Å². The monoisotopic (exact) mass is 204 g/mol. The molecule has 0 aromatic heterocycles. The van der Waals surface area contributed by atoms with Crippen LogP contribution in [0.25, 0.3) is 0 Å². The maximum atomic E-state index is 10.7. The van der Waals surface area contributed by atoms with Gasteiger partial charge in [-0.1, -0.05) is 18.1 Å².